The Balaban J connectivity index is 1.93. The van der Waals surface area contributed by atoms with Gasteiger partial charge in [-0.2, -0.15) is 4.55 Å². The summed E-state index contributed by atoms with van der Waals surface area (Å²) in [5.41, 5.74) is 0.684. The van der Waals surface area contributed by atoms with E-state index in [4.69, 9.17) is 4.74 Å². The van der Waals surface area contributed by atoms with E-state index in [-0.39, 0.29) is 28.9 Å². The fourth-order valence-electron chi connectivity index (χ4n) is 2.93. The lowest BCUT2D eigenvalue weighted by atomic mass is 10.3. The third-order valence-corrected chi connectivity index (χ3v) is 6.09. The summed E-state index contributed by atoms with van der Waals surface area (Å²) in [6.07, 6.45) is 3.04. The molecular weight excluding hydrogens is 377 g/mol. The fraction of sp³-hybridized carbons (Fsp3) is 0.333. The maximum atomic E-state index is 14.3. The average molecular weight is 394 g/mol. The van der Waals surface area contributed by atoms with Gasteiger partial charge in [0.25, 0.3) is 0 Å². The van der Waals surface area contributed by atoms with Crippen molar-refractivity contribution in [3.05, 3.63) is 24.3 Å². The second kappa shape index (κ2) is 6.39. The minimum Gasteiger partial charge on any atom is -0.492 e. The summed E-state index contributed by atoms with van der Waals surface area (Å²) in [6, 6.07) is 1.58. The van der Waals surface area contributed by atoms with Crippen molar-refractivity contribution in [2.75, 3.05) is 36.1 Å². The smallest absolute Gasteiger partial charge is 0.314 e. The van der Waals surface area contributed by atoms with Gasteiger partial charge in [-0.25, -0.2) is 23.9 Å². The van der Waals surface area contributed by atoms with Crippen LogP contribution in [0.15, 0.2) is 18.5 Å². The number of nitrogens with one attached hydrogen (secondary N) is 1. The van der Waals surface area contributed by atoms with Crippen molar-refractivity contribution < 1.29 is 17.9 Å². The summed E-state index contributed by atoms with van der Waals surface area (Å²) >= 11 is 0. The van der Waals surface area contributed by atoms with Crippen molar-refractivity contribution in [1.29, 1.82) is 0 Å². The minimum atomic E-state index is -3.22. The molecule has 0 spiro atoms. The van der Waals surface area contributed by atoms with Crippen LogP contribution in [0, 0.1) is 5.82 Å². The van der Waals surface area contributed by atoms with Crippen molar-refractivity contribution in [3.8, 4) is 17.1 Å². The van der Waals surface area contributed by atoms with Crippen molar-refractivity contribution in [2.24, 2.45) is 0 Å². The largest absolute Gasteiger partial charge is 0.492 e. The lowest BCUT2D eigenvalue weighted by molar-refractivity contribution is 0.412. The van der Waals surface area contributed by atoms with Crippen LogP contribution in [0.3, 0.4) is 0 Å². The van der Waals surface area contributed by atoms with Gasteiger partial charge in [0.1, 0.15) is 11.4 Å². The first kappa shape index (κ1) is 17.5. The van der Waals surface area contributed by atoms with E-state index >= 15 is 0 Å². The van der Waals surface area contributed by atoms with Crippen LogP contribution >= 0.6 is 0 Å². The summed E-state index contributed by atoms with van der Waals surface area (Å²) in [5.74, 6) is 0.258. The molecule has 2 N–H and O–H groups in total. The Kier molecular flexibility index (Phi) is 4.15. The van der Waals surface area contributed by atoms with Gasteiger partial charge < -0.3 is 10.1 Å². The number of methoxy groups -OCH3 is 1. The quantitative estimate of drug-likeness (QED) is 0.639. The van der Waals surface area contributed by atoms with Gasteiger partial charge in [0.05, 0.1) is 26.0 Å². The monoisotopic (exact) mass is 394 g/mol. The van der Waals surface area contributed by atoms with Crippen LogP contribution in [0.5, 0.6) is 5.75 Å². The molecule has 0 amide bonds. The van der Waals surface area contributed by atoms with E-state index in [1.165, 1.54) is 22.1 Å². The number of nitrogens with zero attached hydrogens (tertiary/aromatic N) is 6. The zero-order valence-corrected chi connectivity index (χ0v) is 15.4. The van der Waals surface area contributed by atoms with Gasteiger partial charge in [-0.3, -0.25) is 0 Å². The van der Waals surface area contributed by atoms with Crippen LogP contribution in [0.2, 0.25) is 0 Å². The van der Waals surface area contributed by atoms with Gasteiger partial charge in [-0.05, 0) is 4.21 Å². The highest BCUT2D eigenvalue weighted by atomic mass is 32.3. The molecule has 1 saturated heterocycles. The van der Waals surface area contributed by atoms with Crippen LogP contribution in [0.4, 0.5) is 16.2 Å². The van der Waals surface area contributed by atoms with Gasteiger partial charge in [-0.1, -0.05) is 0 Å². The first-order chi connectivity index (χ1) is 12.9. The number of hydrogen-bond donors (Lipinski definition) is 2. The third kappa shape index (κ3) is 2.86. The first-order valence-electron chi connectivity index (χ1n) is 8.10. The number of aromatic nitrogens is 5. The Labute approximate surface area is 154 Å². The molecule has 0 saturated carbocycles. The zero-order chi connectivity index (χ0) is 19.2. The van der Waals surface area contributed by atoms with Gasteiger partial charge in [0, 0.05) is 19.5 Å². The Morgan fingerprint density at radius 3 is 2.85 bits per heavy atom. The molecular formula is C15H17FN7O3S+. The number of ether oxygens (including phenoxy) is 1. The summed E-state index contributed by atoms with van der Waals surface area (Å²) in [7, 11) is -0.157. The van der Waals surface area contributed by atoms with E-state index in [2.05, 4.69) is 25.4 Å². The molecule has 142 valence electrons. The van der Waals surface area contributed by atoms with Gasteiger partial charge in [0.15, 0.2) is 23.0 Å². The molecule has 27 heavy (non-hydrogen) atoms. The SMILES string of the molecule is CNc1ncc(F)c(-c2cnc3cc(OC)c(N4CCC[S+]4(=O)O)nn23)n1. The third-order valence-electron chi connectivity index (χ3n) is 4.22. The number of anilines is 2. The van der Waals surface area contributed by atoms with Crippen molar-refractivity contribution in [3.63, 3.8) is 0 Å². The Bertz CT molecular complexity index is 1070. The zero-order valence-electron chi connectivity index (χ0n) is 14.6. The Morgan fingerprint density at radius 2 is 2.19 bits per heavy atom. The highest BCUT2D eigenvalue weighted by Crippen LogP contribution is 2.35. The number of fused-ring (bicyclic) bond motifs is 1. The number of hydrogen-bond acceptors (Lipinski definition) is 7. The molecule has 0 bridgehead atoms. The maximum absolute atomic E-state index is 14.3. The summed E-state index contributed by atoms with van der Waals surface area (Å²) < 4.78 is 45.0. The van der Waals surface area contributed by atoms with E-state index in [0.29, 0.717) is 24.4 Å². The second-order valence-electron chi connectivity index (χ2n) is 5.86. The lowest BCUT2D eigenvalue weighted by Gasteiger charge is -2.16. The molecule has 1 atom stereocenters. The minimum absolute atomic E-state index is 0.0108. The van der Waals surface area contributed by atoms with Gasteiger partial charge in [-0.15, -0.1) is 9.40 Å². The predicted octanol–water partition coefficient (Wildman–Crippen LogP) is 1.47. The summed E-state index contributed by atoms with van der Waals surface area (Å²) in [5, 5.41) is 7.18. The fourth-order valence-corrected chi connectivity index (χ4v) is 4.47. The lowest BCUT2D eigenvalue weighted by Crippen LogP contribution is -2.32. The van der Waals surface area contributed by atoms with Crippen molar-refractivity contribution >= 4 is 27.8 Å². The molecule has 1 aliphatic heterocycles. The number of rotatable bonds is 4. The molecule has 0 aromatic carbocycles. The standard InChI is InChI=1S/C15H16FN7O3S/c1-17-15-19-7-9(16)13(20-15)10-8-18-12-6-11(26-2)14(21-23(10)12)22-4-3-5-27(22,24)25/h6-8H,3-5H2,1-2H3,(H-,17,19,20,24,25)/p+1. The normalized spacial score (nSPS) is 19.6. The molecule has 4 heterocycles. The molecule has 3 aromatic heterocycles. The molecule has 4 rings (SSSR count). The van der Waals surface area contributed by atoms with Gasteiger partial charge in [0.2, 0.25) is 11.8 Å². The molecule has 10 nitrogen and oxygen atoms in total. The Hall–Kier alpha value is -2.86. The highest BCUT2D eigenvalue weighted by molar-refractivity contribution is 7.99. The van der Waals surface area contributed by atoms with Crippen LogP contribution < -0.4 is 14.4 Å². The molecule has 3 aromatic rings. The first-order valence-corrected chi connectivity index (χ1v) is 9.74. The molecule has 1 unspecified atom stereocenters. The number of halogens is 1. The average Bonchev–Trinajstić information content (AvgIpc) is 3.23. The predicted molar refractivity (Wildman–Crippen MR) is 97.6 cm³/mol. The van der Waals surface area contributed by atoms with Crippen LogP contribution in [-0.2, 0) is 14.6 Å². The molecule has 1 aliphatic rings. The van der Waals surface area contributed by atoms with E-state index < -0.39 is 16.2 Å². The van der Waals surface area contributed by atoms with E-state index in [1.807, 2.05) is 0 Å². The van der Waals surface area contributed by atoms with Crippen molar-refractivity contribution in [2.45, 2.75) is 6.42 Å². The highest BCUT2D eigenvalue weighted by Gasteiger charge is 2.44. The van der Waals surface area contributed by atoms with E-state index in [0.717, 1.165) is 6.20 Å². The molecule has 0 radical (unpaired) electrons. The molecule has 1 fully saturated rings. The molecule has 12 heteroatoms. The number of imidazole rings is 1. The van der Waals surface area contributed by atoms with Gasteiger partial charge >= 0.3 is 10.4 Å². The topological polar surface area (TPSA) is 118 Å². The van der Waals surface area contributed by atoms with Crippen LogP contribution in [0.25, 0.3) is 17.0 Å². The van der Waals surface area contributed by atoms with E-state index in [1.54, 1.807) is 13.1 Å². The van der Waals surface area contributed by atoms with Crippen LogP contribution in [0.1, 0.15) is 6.42 Å². The van der Waals surface area contributed by atoms with Crippen molar-refractivity contribution in [1.82, 2.24) is 24.6 Å². The van der Waals surface area contributed by atoms with Crippen LogP contribution in [-0.4, -0.2) is 55.6 Å². The summed E-state index contributed by atoms with van der Waals surface area (Å²) in [4.78, 5) is 12.2. The van der Waals surface area contributed by atoms with E-state index in [9.17, 15) is 13.2 Å². The molecule has 0 aliphatic carbocycles. The summed E-state index contributed by atoms with van der Waals surface area (Å²) in [6.45, 7) is 0.361. The second-order valence-corrected chi connectivity index (χ2v) is 7.92. The maximum Gasteiger partial charge on any atom is 0.314 e. The Morgan fingerprint density at radius 1 is 1.37 bits per heavy atom.